The summed E-state index contributed by atoms with van der Waals surface area (Å²) >= 11 is 0. The highest BCUT2D eigenvalue weighted by Gasteiger charge is 2.39. The predicted octanol–water partition coefficient (Wildman–Crippen LogP) is 3.21. The number of nitrogens with two attached hydrogens (primary N) is 1. The SMILES string of the molecule is COc1cc(C(C)C)c(C2(CN)CCC2)cc1OC. The van der Waals surface area contributed by atoms with E-state index in [9.17, 15) is 0 Å². The molecule has 1 aliphatic carbocycles. The summed E-state index contributed by atoms with van der Waals surface area (Å²) in [5, 5.41) is 0. The lowest BCUT2D eigenvalue weighted by molar-refractivity contribution is 0.249. The van der Waals surface area contributed by atoms with Crippen LogP contribution in [0, 0.1) is 0 Å². The van der Waals surface area contributed by atoms with Crippen molar-refractivity contribution in [1.82, 2.24) is 0 Å². The molecule has 0 amide bonds. The predicted molar refractivity (Wildman–Crippen MR) is 78.2 cm³/mol. The van der Waals surface area contributed by atoms with Crippen LogP contribution in [0.5, 0.6) is 11.5 Å². The minimum atomic E-state index is 0.152. The van der Waals surface area contributed by atoms with Gasteiger partial charge in [-0.05, 0) is 42.0 Å². The van der Waals surface area contributed by atoms with Gasteiger partial charge in [0.1, 0.15) is 0 Å². The zero-order chi connectivity index (χ0) is 14.0. The lowest BCUT2D eigenvalue weighted by atomic mass is 9.62. The fourth-order valence-electron chi connectivity index (χ4n) is 3.02. The third-order valence-corrected chi connectivity index (χ3v) is 4.45. The molecule has 1 fully saturated rings. The van der Waals surface area contributed by atoms with E-state index in [1.54, 1.807) is 14.2 Å². The average Bonchev–Trinajstić information content (AvgIpc) is 2.37. The van der Waals surface area contributed by atoms with Gasteiger partial charge in [-0.3, -0.25) is 0 Å². The quantitative estimate of drug-likeness (QED) is 0.887. The van der Waals surface area contributed by atoms with Crippen molar-refractivity contribution in [3.8, 4) is 11.5 Å². The van der Waals surface area contributed by atoms with Crippen molar-refractivity contribution in [2.24, 2.45) is 5.73 Å². The summed E-state index contributed by atoms with van der Waals surface area (Å²) < 4.78 is 10.9. The maximum Gasteiger partial charge on any atom is 0.161 e. The molecule has 2 N–H and O–H groups in total. The van der Waals surface area contributed by atoms with Crippen molar-refractivity contribution in [3.05, 3.63) is 23.3 Å². The van der Waals surface area contributed by atoms with Crippen LogP contribution in [0.2, 0.25) is 0 Å². The standard InChI is InChI=1S/C16H25NO2/c1-11(2)12-8-14(18-3)15(19-4)9-13(12)16(10-17)6-5-7-16/h8-9,11H,5-7,10,17H2,1-4H3. The molecule has 0 heterocycles. The van der Waals surface area contributed by atoms with Crippen molar-refractivity contribution in [2.45, 2.75) is 44.4 Å². The number of benzene rings is 1. The molecule has 3 nitrogen and oxygen atoms in total. The van der Waals surface area contributed by atoms with Crippen molar-refractivity contribution < 1.29 is 9.47 Å². The molecule has 0 unspecified atom stereocenters. The van der Waals surface area contributed by atoms with E-state index in [2.05, 4.69) is 26.0 Å². The Bertz CT molecular complexity index is 445. The highest BCUT2D eigenvalue weighted by atomic mass is 16.5. The topological polar surface area (TPSA) is 44.5 Å². The minimum Gasteiger partial charge on any atom is -0.493 e. The van der Waals surface area contributed by atoms with Gasteiger partial charge in [-0.2, -0.15) is 0 Å². The molecular weight excluding hydrogens is 238 g/mol. The lowest BCUT2D eigenvalue weighted by Crippen LogP contribution is -2.42. The summed E-state index contributed by atoms with van der Waals surface area (Å²) in [5.41, 5.74) is 8.90. The fraction of sp³-hybridized carbons (Fsp3) is 0.625. The monoisotopic (exact) mass is 263 g/mol. The minimum absolute atomic E-state index is 0.152. The summed E-state index contributed by atoms with van der Waals surface area (Å²) in [4.78, 5) is 0. The van der Waals surface area contributed by atoms with Crippen LogP contribution < -0.4 is 15.2 Å². The first kappa shape index (κ1) is 14.2. The molecule has 0 atom stereocenters. The summed E-state index contributed by atoms with van der Waals surface area (Å²) in [6.45, 7) is 5.14. The Hall–Kier alpha value is -1.22. The molecule has 1 aromatic carbocycles. The molecule has 0 saturated heterocycles. The number of rotatable bonds is 5. The van der Waals surface area contributed by atoms with E-state index in [1.165, 1.54) is 30.4 Å². The van der Waals surface area contributed by atoms with E-state index in [0.29, 0.717) is 12.5 Å². The highest BCUT2D eigenvalue weighted by molar-refractivity contribution is 5.51. The first-order chi connectivity index (χ1) is 9.07. The summed E-state index contributed by atoms with van der Waals surface area (Å²) in [6, 6.07) is 4.26. The molecule has 106 valence electrons. The Kier molecular flexibility index (Phi) is 4.04. The van der Waals surface area contributed by atoms with Crippen LogP contribution in [0.15, 0.2) is 12.1 Å². The van der Waals surface area contributed by atoms with Crippen molar-refractivity contribution in [3.63, 3.8) is 0 Å². The summed E-state index contributed by atoms with van der Waals surface area (Å²) in [5.74, 6) is 2.07. The van der Waals surface area contributed by atoms with Crippen LogP contribution in [0.1, 0.15) is 50.2 Å². The molecule has 3 heteroatoms. The van der Waals surface area contributed by atoms with E-state index in [0.717, 1.165) is 11.5 Å². The normalized spacial score (nSPS) is 17.2. The molecule has 1 aromatic rings. The molecular formula is C16H25NO2. The van der Waals surface area contributed by atoms with Gasteiger partial charge in [0.25, 0.3) is 0 Å². The zero-order valence-electron chi connectivity index (χ0n) is 12.5. The van der Waals surface area contributed by atoms with Gasteiger partial charge >= 0.3 is 0 Å². The van der Waals surface area contributed by atoms with Gasteiger partial charge in [0.2, 0.25) is 0 Å². The smallest absolute Gasteiger partial charge is 0.161 e. The fourth-order valence-corrected chi connectivity index (χ4v) is 3.02. The van der Waals surface area contributed by atoms with Gasteiger partial charge in [-0.25, -0.2) is 0 Å². The van der Waals surface area contributed by atoms with Crippen LogP contribution in [0.3, 0.4) is 0 Å². The summed E-state index contributed by atoms with van der Waals surface area (Å²) in [7, 11) is 3.37. The van der Waals surface area contributed by atoms with Crippen LogP contribution in [0.25, 0.3) is 0 Å². The molecule has 1 aliphatic rings. The molecule has 0 spiro atoms. The van der Waals surface area contributed by atoms with Crippen LogP contribution in [-0.4, -0.2) is 20.8 Å². The number of hydrogen-bond donors (Lipinski definition) is 1. The van der Waals surface area contributed by atoms with Gasteiger partial charge in [0.15, 0.2) is 11.5 Å². The number of ether oxygens (including phenoxy) is 2. The molecule has 1 saturated carbocycles. The third-order valence-electron chi connectivity index (χ3n) is 4.45. The summed E-state index contributed by atoms with van der Waals surface area (Å²) in [6.07, 6.45) is 3.63. The Morgan fingerprint density at radius 2 is 1.74 bits per heavy atom. The second kappa shape index (κ2) is 5.41. The Labute approximate surface area is 116 Å². The van der Waals surface area contributed by atoms with E-state index in [4.69, 9.17) is 15.2 Å². The second-order valence-corrected chi connectivity index (χ2v) is 5.79. The molecule has 2 rings (SSSR count). The molecule has 0 aromatic heterocycles. The number of methoxy groups -OCH3 is 2. The van der Waals surface area contributed by atoms with Crippen molar-refractivity contribution in [2.75, 3.05) is 20.8 Å². The maximum atomic E-state index is 6.06. The van der Waals surface area contributed by atoms with Crippen molar-refractivity contribution >= 4 is 0 Å². The van der Waals surface area contributed by atoms with Crippen molar-refractivity contribution in [1.29, 1.82) is 0 Å². The van der Waals surface area contributed by atoms with Crippen LogP contribution >= 0.6 is 0 Å². The Balaban J connectivity index is 2.57. The van der Waals surface area contributed by atoms with Gasteiger partial charge in [-0.1, -0.05) is 20.3 Å². The van der Waals surface area contributed by atoms with E-state index < -0.39 is 0 Å². The van der Waals surface area contributed by atoms with Gasteiger partial charge in [0, 0.05) is 12.0 Å². The average molecular weight is 263 g/mol. The zero-order valence-corrected chi connectivity index (χ0v) is 12.5. The Morgan fingerprint density at radius 1 is 1.16 bits per heavy atom. The molecule has 0 bridgehead atoms. The second-order valence-electron chi connectivity index (χ2n) is 5.79. The Morgan fingerprint density at radius 3 is 2.11 bits per heavy atom. The van der Waals surface area contributed by atoms with Crippen LogP contribution in [0.4, 0.5) is 0 Å². The van der Waals surface area contributed by atoms with Gasteiger partial charge < -0.3 is 15.2 Å². The van der Waals surface area contributed by atoms with E-state index in [-0.39, 0.29) is 5.41 Å². The van der Waals surface area contributed by atoms with Gasteiger partial charge in [0.05, 0.1) is 14.2 Å². The molecule has 0 aliphatic heterocycles. The first-order valence-corrected chi connectivity index (χ1v) is 7.04. The molecule has 19 heavy (non-hydrogen) atoms. The number of hydrogen-bond acceptors (Lipinski definition) is 3. The first-order valence-electron chi connectivity index (χ1n) is 7.04. The van der Waals surface area contributed by atoms with Crippen LogP contribution in [-0.2, 0) is 5.41 Å². The molecule has 0 radical (unpaired) electrons. The highest BCUT2D eigenvalue weighted by Crippen LogP contribution is 2.48. The lowest BCUT2D eigenvalue weighted by Gasteiger charge is -2.43. The van der Waals surface area contributed by atoms with E-state index in [1.807, 2.05) is 0 Å². The largest absolute Gasteiger partial charge is 0.493 e. The van der Waals surface area contributed by atoms with Gasteiger partial charge in [-0.15, -0.1) is 0 Å². The maximum absolute atomic E-state index is 6.06. The third kappa shape index (κ3) is 2.32. The van der Waals surface area contributed by atoms with E-state index >= 15 is 0 Å².